The third-order valence-electron chi connectivity index (χ3n) is 4.67. The molecule has 140 valence electrons. The summed E-state index contributed by atoms with van der Waals surface area (Å²) in [4.78, 5) is 24.0. The van der Waals surface area contributed by atoms with Crippen LogP contribution >= 0.6 is 27.7 Å². The molecule has 1 aromatic rings. The molecule has 2 N–H and O–H groups in total. The highest BCUT2D eigenvalue weighted by Crippen LogP contribution is 2.47. The number of nitrogens with zero attached hydrogens (tertiary/aromatic N) is 1. The Morgan fingerprint density at radius 1 is 1.37 bits per heavy atom. The number of carboxylic acid groups (broad SMARTS) is 1. The number of thioether (sulfide) groups is 1. The molecule has 1 aliphatic carbocycles. The van der Waals surface area contributed by atoms with Crippen LogP contribution in [0.4, 0.5) is 0 Å². The Labute approximate surface area is 170 Å². The maximum atomic E-state index is 13.0. The highest BCUT2D eigenvalue weighted by molar-refractivity contribution is 9.10. The van der Waals surface area contributed by atoms with Crippen molar-refractivity contribution in [2.75, 3.05) is 5.75 Å². The van der Waals surface area contributed by atoms with Crippen LogP contribution in [0.15, 0.2) is 50.6 Å². The lowest BCUT2D eigenvalue weighted by Crippen LogP contribution is -2.37. The fourth-order valence-electron chi connectivity index (χ4n) is 3.61. The number of dihydropyridines is 1. The van der Waals surface area contributed by atoms with Crippen LogP contribution in [0.3, 0.4) is 0 Å². The maximum absolute atomic E-state index is 13.0. The van der Waals surface area contributed by atoms with Gasteiger partial charge in [-0.2, -0.15) is 5.26 Å². The van der Waals surface area contributed by atoms with Gasteiger partial charge in [0.25, 0.3) is 0 Å². The molecular weight excluding hydrogens is 428 g/mol. The van der Waals surface area contributed by atoms with Gasteiger partial charge < -0.3 is 10.4 Å². The second-order valence-corrected chi connectivity index (χ2v) is 9.38. The Morgan fingerprint density at radius 3 is 2.63 bits per heavy atom. The van der Waals surface area contributed by atoms with Crippen LogP contribution in [0.25, 0.3) is 0 Å². The first-order chi connectivity index (χ1) is 12.7. The van der Waals surface area contributed by atoms with Crippen LogP contribution in [0.2, 0.25) is 0 Å². The number of halogens is 1. The summed E-state index contributed by atoms with van der Waals surface area (Å²) in [5, 5.41) is 22.6. The molecule has 1 atom stereocenters. The van der Waals surface area contributed by atoms with Crippen molar-refractivity contribution in [2.24, 2.45) is 5.41 Å². The van der Waals surface area contributed by atoms with Crippen LogP contribution in [0.5, 0.6) is 0 Å². The minimum absolute atomic E-state index is 0.0386. The van der Waals surface area contributed by atoms with Crippen molar-refractivity contribution in [3.63, 3.8) is 0 Å². The molecule has 0 radical (unpaired) electrons. The van der Waals surface area contributed by atoms with Crippen LogP contribution in [-0.4, -0.2) is 22.6 Å². The maximum Gasteiger partial charge on any atom is 0.313 e. The van der Waals surface area contributed by atoms with Gasteiger partial charge in [-0.05, 0) is 29.5 Å². The zero-order valence-corrected chi connectivity index (χ0v) is 17.4. The minimum atomic E-state index is -0.952. The number of carbonyl (C=O) groups excluding carboxylic acids is 1. The lowest BCUT2D eigenvalue weighted by Gasteiger charge is -2.39. The van der Waals surface area contributed by atoms with Crippen molar-refractivity contribution in [3.8, 4) is 6.07 Å². The molecule has 5 nitrogen and oxygen atoms in total. The van der Waals surface area contributed by atoms with E-state index in [1.54, 1.807) is 0 Å². The summed E-state index contributed by atoms with van der Waals surface area (Å²) in [7, 11) is 0. The van der Waals surface area contributed by atoms with Gasteiger partial charge in [0, 0.05) is 22.2 Å². The number of aliphatic carboxylic acids is 1. The molecular formula is C20H19BrN2O3S. The molecule has 3 rings (SSSR count). The standard InChI is InChI=1S/C20H19BrN2O3S/c1-20(2)7-14-18(15(24)8-20)17(11-3-5-12(21)6-4-11)13(9-22)19(23-14)27-10-16(25)26/h3-6,17,23H,7-8,10H2,1-2H3,(H,25,26)/t17-/m0/s1. The number of benzene rings is 1. The van der Waals surface area contributed by atoms with Gasteiger partial charge >= 0.3 is 5.97 Å². The number of Topliss-reactive ketones (excluding diaryl/α,β-unsaturated/α-hetero) is 1. The zero-order valence-electron chi connectivity index (χ0n) is 15.0. The number of ketones is 1. The van der Waals surface area contributed by atoms with Gasteiger partial charge in [0.1, 0.15) is 0 Å². The van der Waals surface area contributed by atoms with E-state index in [0.29, 0.717) is 29.0 Å². The highest BCUT2D eigenvalue weighted by Gasteiger charge is 2.41. The van der Waals surface area contributed by atoms with Gasteiger partial charge in [0.05, 0.1) is 28.3 Å². The molecule has 0 aromatic heterocycles. The largest absolute Gasteiger partial charge is 0.481 e. The Hall–Kier alpha value is -2.04. The van der Waals surface area contributed by atoms with E-state index in [2.05, 4.69) is 27.3 Å². The molecule has 0 spiro atoms. The molecule has 1 aliphatic heterocycles. The Balaban J connectivity index is 2.14. The van der Waals surface area contributed by atoms with E-state index in [0.717, 1.165) is 27.5 Å². The van der Waals surface area contributed by atoms with Gasteiger partial charge in [-0.3, -0.25) is 9.59 Å². The van der Waals surface area contributed by atoms with Crippen molar-refractivity contribution >= 4 is 39.4 Å². The third-order valence-corrected chi connectivity index (χ3v) is 6.20. The van der Waals surface area contributed by atoms with Crippen molar-refractivity contribution in [3.05, 3.63) is 56.2 Å². The van der Waals surface area contributed by atoms with Gasteiger partial charge in [0.15, 0.2) is 5.78 Å². The van der Waals surface area contributed by atoms with Crippen molar-refractivity contribution in [1.82, 2.24) is 5.32 Å². The summed E-state index contributed by atoms with van der Waals surface area (Å²) in [5.74, 6) is -1.54. The zero-order chi connectivity index (χ0) is 19.8. The Morgan fingerprint density at radius 2 is 2.04 bits per heavy atom. The first-order valence-corrected chi connectivity index (χ1v) is 10.3. The fraction of sp³-hybridized carbons (Fsp3) is 0.350. The molecule has 0 fully saturated rings. The van der Waals surface area contributed by atoms with E-state index in [1.165, 1.54) is 0 Å². The third kappa shape index (κ3) is 4.12. The monoisotopic (exact) mass is 446 g/mol. The molecule has 7 heteroatoms. The molecule has 0 unspecified atom stereocenters. The number of carbonyl (C=O) groups is 2. The normalized spacial score (nSPS) is 21.4. The van der Waals surface area contributed by atoms with Crippen molar-refractivity contribution < 1.29 is 14.7 Å². The van der Waals surface area contributed by atoms with Crippen LogP contribution < -0.4 is 5.32 Å². The van der Waals surface area contributed by atoms with Gasteiger partial charge in [-0.15, -0.1) is 0 Å². The summed E-state index contributed by atoms with van der Waals surface area (Å²) in [5.41, 5.74) is 2.50. The average Bonchev–Trinajstić information content (AvgIpc) is 2.58. The molecule has 1 heterocycles. The highest BCUT2D eigenvalue weighted by atomic mass is 79.9. The van der Waals surface area contributed by atoms with Gasteiger partial charge in [-0.25, -0.2) is 0 Å². The molecule has 2 aliphatic rings. The predicted octanol–water partition coefficient (Wildman–Crippen LogP) is 4.33. The molecule has 0 bridgehead atoms. The van der Waals surface area contributed by atoms with E-state index in [4.69, 9.17) is 5.11 Å². The Bertz CT molecular complexity index is 910. The Kier molecular flexibility index (Phi) is 5.50. The number of allylic oxidation sites excluding steroid dienone is 3. The lowest BCUT2D eigenvalue weighted by molar-refractivity contribution is -0.133. The van der Waals surface area contributed by atoms with Gasteiger partial charge in [-0.1, -0.05) is 53.7 Å². The summed E-state index contributed by atoms with van der Waals surface area (Å²) in [6.07, 6.45) is 1.10. The van der Waals surface area contributed by atoms with E-state index in [1.807, 2.05) is 38.1 Å². The predicted molar refractivity (Wildman–Crippen MR) is 108 cm³/mol. The smallest absolute Gasteiger partial charge is 0.313 e. The average molecular weight is 447 g/mol. The SMILES string of the molecule is CC1(C)CC(=O)C2=C(C1)NC(SCC(=O)O)=C(C#N)[C@@H]2c1ccc(Br)cc1. The van der Waals surface area contributed by atoms with E-state index in [-0.39, 0.29) is 17.0 Å². The topological polar surface area (TPSA) is 90.2 Å². The van der Waals surface area contributed by atoms with Crippen molar-refractivity contribution in [1.29, 1.82) is 5.26 Å². The number of hydrogen-bond acceptors (Lipinski definition) is 5. The van der Waals surface area contributed by atoms with Crippen LogP contribution in [0, 0.1) is 16.7 Å². The second kappa shape index (κ2) is 7.53. The summed E-state index contributed by atoms with van der Waals surface area (Å²) < 4.78 is 0.911. The summed E-state index contributed by atoms with van der Waals surface area (Å²) in [6, 6.07) is 9.78. The molecule has 1 aromatic carbocycles. The summed E-state index contributed by atoms with van der Waals surface area (Å²) in [6.45, 7) is 4.08. The van der Waals surface area contributed by atoms with Gasteiger partial charge in [0.2, 0.25) is 0 Å². The van der Waals surface area contributed by atoms with E-state index >= 15 is 0 Å². The number of hydrogen-bond donors (Lipinski definition) is 2. The molecule has 27 heavy (non-hydrogen) atoms. The first-order valence-electron chi connectivity index (χ1n) is 8.49. The number of rotatable bonds is 4. The molecule has 0 saturated carbocycles. The molecule has 0 saturated heterocycles. The van der Waals surface area contributed by atoms with Crippen molar-refractivity contribution in [2.45, 2.75) is 32.6 Å². The minimum Gasteiger partial charge on any atom is -0.481 e. The summed E-state index contributed by atoms with van der Waals surface area (Å²) >= 11 is 4.50. The second-order valence-electron chi connectivity index (χ2n) is 7.48. The quantitative estimate of drug-likeness (QED) is 0.714. The lowest BCUT2D eigenvalue weighted by atomic mass is 9.69. The fourth-order valence-corrected chi connectivity index (χ4v) is 4.66. The first kappa shape index (κ1) is 19.7. The van der Waals surface area contributed by atoms with Crippen LogP contribution in [0.1, 0.15) is 38.2 Å². The van der Waals surface area contributed by atoms with E-state index in [9.17, 15) is 14.9 Å². The number of nitriles is 1. The number of carboxylic acids is 1. The van der Waals surface area contributed by atoms with Crippen LogP contribution in [-0.2, 0) is 9.59 Å². The number of nitrogens with one attached hydrogen (secondary N) is 1. The van der Waals surface area contributed by atoms with E-state index < -0.39 is 11.9 Å². The molecule has 0 amide bonds.